The Morgan fingerprint density at radius 2 is 2.17 bits per heavy atom. The Hall–Kier alpha value is -2.23. The lowest BCUT2D eigenvalue weighted by Gasteiger charge is -2.10. The Morgan fingerprint density at radius 3 is 3.06 bits per heavy atom. The molecule has 3 rings (SSSR count). The summed E-state index contributed by atoms with van der Waals surface area (Å²) in [5, 5.41) is 6.62. The molecule has 1 aromatic carbocycles. The second-order valence-corrected chi connectivity index (χ2v) is 4.56. The molecule has 0 saturated carbocycles. The average molecular weight is 240 g/mol. The van der Waals surface area contributed by atoms with Crippen LogP contribution in [-0.4, -0.2) is 11.5 Å². The van der Waals surface area contributed by atoms with Gasteiger partial charge in [0.1, 0.15) is 0 Å². The third-order valence-electron chi connectivity index (χ3n) is 3.14. The molecule has 4 nitrogen and oxygen atoms in total. The van der Waals surface area contributed by atoms with Gasteiger partial charge < -0.3 is 16.4 Å². The molecule has 92 valence electrons. The van der Waals surface area contributed by atoms with Gasteiger partial charge in [0.25, 0.3) is 0 Å². The fraction of sp³-hybridized carbons (Fsp3) is 0.214. The highest BCUT2D eigenvalue weighted by atomic mass is 15.0. The van der Waals surface area contributed by atoms with E-state index in [0.29, 0.717) is 5.69 Å². The maximum absolute atomic E-state index is 5.91. The molecule has 0 saturated heterocycles. The van der Waals surface area contributed by atoms with E-state index in [1.807, 2.05) is 25.1 Å². The number of benzene rings is 1. The van der Waals surface area contributed by atoms with E-state index >= 15 is 0 Å². The van der Waals surface area contributed by atoms with Crippen molar-refractivity contribution in [3.05, 3.63) is 41.6 Å². The number of rotatable bonds is 2. The van der Waals surface area contributed by atoms with Crippen LogP contribution in [0.2, 0.25) is 0 Å². The molecule has 2 heterocycles. The Bertz CT molecular complexity index is 592. The Kier molecular flexibility index (Phi) is 2.55. The van der Waals surface area contributed by atoms with Crippen LogP contribution >= 0.6 is 0 Å². The van der Waals surface area contributed by atoms with Crippen molar-refractivity contribution in [3.63, 3.8) is 0 Å². The first kappa shape index (κ1) is 10.9. The Labute approximate surface area is 106 Å². The van der Waals surface area contributed by atoms with Crippen LogP contribution in [0.5, 0.6) is 0 Å². The average Bonchev–Trinajstić information content (AvgIpc) is 2.81. The van der Waals surface area contributed by atoms with Crippen molar-refractivity contribution in [1.29, 1.82) is 0 Å². The van der Waals surface area contributed by atoms with Gasteiger partial charge in [-0.25, -0.2) is 4.98 Å². The standard InChI is InChI=1S/C14H16N4/c1-9-2-4-12(15)14(17-9)18-11-3-5-13-10(8-11)6-7-16-13/h2-5,8,16H,6-7,15H2,1H3,(H,17,18). The van der Waals surface area contributed by atoms with E-state index in [1.165, 1.54) is 11.3 Å². The lowest BCUT2D eigenvalue weighted by Crippen LogP contribution is -2.00. The fourth-order valence-corrected chi connectivity index (χ4v) is 2.19. The number of nitrogens with zero attached hydrogens (tertiary/aromatic N) is 1. The summed E-state index contributed by atoms with van der Waals surface area (Å²) in [5.41, 5.74) is 11.1. The molecule has 1 aliphatic heterocycles. The predicted molar refractivity (Wildman–Crippen MR) is 75.3 cm³/mol. The van der Waals surface area contributed by atoms with Gasteiger partial charge >= 0.3 is 0 Å². The zero-order valence-corrected chi connectivity index (χ0v) is 10.3. The van der Waals surface area contributed by atoms with Gasteiger partial charge in [-0.15, -0.1) is 0 Å². The number of nitrogens with two attached hydrogens (primary N) is 1. The number of aryl methyl sites for hydroxylation is 1. The van der Waals surface area contributed by atoms with Gasteiger partial charge in [-0.05, 0) is 49.2 Å². The highest BCUT2D eigenvalue weighted by Crippen LogP contribution is 2.28. The van der Waals surface area contributed by atoms with Crippen molar-refractivity contribution in [2.75, 3.05) is 22.9 Å². The first-order valence-electron chi connectivity index (χ1n) is 6.09. The van der Waals surface area contributed by atoms with Crippen LogP contribution in [0.3, 0.4) is 0 Å². The van der Waals surface area contributed by atoms with Crippen molar-refractivity contribution in [2.24, 2.45) is 0 Å². The minimum atomic E-state index is 0.666. The van der Waals surface area contributed by atoms with E-state index in [1.54, 1.807) is 0 Å². The Morgan fingerprint density at radius 1 is 1.28 bits per heavy atom. The topological polar surface area (TPSA) is 63.0 Å². The zero-order valence-electron chi connectivity index (χ0n) is 10.3. The highest BCUT2D eigenvalue weighted by Gasteiger charge is 2.10. The van der Waals surface area contributed by atoms with Gasteiger partial charge in [-0.2, -0.15) is 0 Å². The number of nitrogens with one attached hydrogen (secondary N) is 2. The summed E-state index contributed by atoms with van der Waals surface area (Å²) < 4.78 is 0. The van der Waals surface area contributed by atoms with E-state index < -0.39 is 0 Å². The molecule has 1 aliphatic rings. The van der Waals surface area contributed by atoms with E-state index in [4.69, 9.17) is 5.73 Å². The smallest absolute Gasteiger partial charge is 0.153 e. The molecule has 0 unspecified atom stereocenters. The summed E-state index contributed by atoms with van der Waals surface area (Å²) in [6, 6.07) is 10.1. The van der Waals surface area contributed by atoms with Gasteiger partial charge in [0, 0.05) is 23.6 Å². The van der Waals surface area contributed by atoms with Crippen LogP contribution in [-0.2, 0) is 6.42 Å². The van der Waals surface area contributed by atoms with Crippen molar-refractivity contribution >= 4 is 22.9 Å². The molecule has 0 bridgehead atoms. The maximum atomic E-state index is 5.91. The molecule has 0 atom stereocenters. The molecule has 1 aromatic heterocycles. The third-order valence-corrected chi connectivity index (χ3v) is 3.14. The quantitative estimate of drug-likeness (QED) is 0.755. The SMILES string of the molecule is Cc1ccc(N)c(Nc2ccc3c(c2)CCN3)n1. The van der Waals surface area contributed by atoms with Crippen LogP contribution in [0.25, 0.3) is 0 Å². The molecule has 2 aromatic rings. The first-order chi connectivity index (χ1) is 8.72. The molecule has 0 radical (unpaired) electrons. The number of nitrogen functional groups attached to an aromatic ring is 1. The summed E-state index contributed by atoms with van der Waals surface area (Å²) in [4.78, 5) is 4.41. The summed E-state index contributed by atoms with van der Waals surface area (Å²) in [5.74, 6) is 0.723. The lowest BCUT2D eigenvalue weighted by atomic mass is 10.1. The number of hydrogen-bond acceptors (Lipinski definition) is 4. The molecule has 0 amide bonds. The molecular formula is C14H16N4. The van der Waals surface area contributed by atoms with Gasteiger partial charge in [0.15, 0.2) is 5.82 Å². The van der Waals surface area contributed by atoms with Crippen LogP contribution in [0.1, 0.15) is 11.3 Å². The number of hydrogen-bond donors (Lipinski definition) is 3. The number of anilines is 4. The van der Waals surface area contributed by atoms with Crippen LogP contribution in [0.15, 0.2) is 30.3 Å². The van der Waals surface area contributed by atoms with Crippen molar-refractivity contribution in [2.45, 2.75) is 13.3 Å². The summed E-state index contributed by atoms with van der Waals surface area (Å²) >= 11 is 0. The normalized spacial score (nSPS) is 12.9. The zero-order chi connectivity index (χ0) is 12.5. The lowest BCUT2D eigenvalue weighted by molar-refractivity contribution is 1.11. The van der Waals surface area contributed by atoms with E-state index in [2.05, 4.69) is 27.8 Å². The van der Waals surface area contributed by atoms with Crippen LogP contribution in [0.4, 0.5) is 22.9 Å². The molecule has 4 heteroatoms. The van der Waals surface area contributed by atoms with Gasteiger partial charge in [-0.1, -0.05) is 0 Å². The highest BCUT2D eigenvalue weighted by molar-refractivity contribution is 5.71. The predicted octanol–water partition coefficient (Wildman–Crippen LogP) is 2.68. The largest absolute Gasteiger partial charge is 0.396 e. The Balaban J connectivity index is 1.90. The minimum absolute atomic E-state index is 0.666. The maximum Gasteiger partial charge on any atom is 0.153 e. The van der Waals surface area contributed by atoms with Gasteiger partial charge in [-0.3, -0.25) is 0 Å². The molecule has 0 aliphatic carbocycles. The molecule has 0 fully saturated rings. The second-order valence-electron chi connectivity index (χ2n) is 4.56. The first-order valence-corrected chi connectivity index (χ1v) is 6.09. The third kappa shape index (κ3) is 1.97. The van der Waals surface area contributed by atoms with E-state index in [9.17, 15) is 0 Å². The van der Waals surface area contributed by atoms with Crippen LogP contribution in [0, 0.1) is 6.92 Å². The van der Waals surface area contributed by atoms with Crippen molar-refractivity contribution in [3.8, 4) is 0 Å². The van der Waals surface area contributed by atoms with E-state index in [-0.39, 0.29) is 0 Å². The monoisotopic (exact) mass is 240 g/mol. The second kappa shape index (κ2) is 4.22. The van der Waals surface area contributed by atoms with Gasteiger partial charge in [0.2, 0.25) is 0 Å². The summed E-state index contributed by atoms with van der Waals surface area (Å²) in [6.45, 7) is 2.97. The van der Waals surface area contributed by atoms with Crippen molar-refractivity contribution < 1.29 is 0 Å². The molecule has 0 spiro atoms. The van der Waals surface area contributed by atoms with Crippen LogP contribution < -0.4 is 16.4 Å². The van der Waals surface area contributed by atoms with Crippen molar-refractivity contribution in [1.82, 2.24) is 4.98 Å². The molecular weight excluding hydrogens is 224 g/mol. The summed E-state index contributed by atoms with van der Waals surface area (Å²) in [6.07, 6.45) is 1.07. The van der Waals surface area contributed by atoms with E-state index in [0.717, 1.165) is 30.2 Å². The molecule has 4 N–H and O–H groups in total. The minimum Gasteiger partial charge on any atom is -0.396 e. The number of aromatic nitrogens is 1. The molecule has 18 heavy (non-hydrogen) atoms. The number of fused-ring (bicyclic) bond motifs is 1. The fourth-order valence-electron chi connectivity index (χ4n) is 2.19. The van der Waals surface area contributed by atoms with Gasteiger partial charge in [0.05, 0.1) is 5.69 Å². The summed E-state index contributed by atoms with van der Waals surface area (Å²) in [7, 11) is 0. The number of pyridine rings is 1.